The zero-order chi connectivity index (χ0) is 78.1. The van der Waals surface area contributed by atoms with Crippen molar-refractivity contribution < 1.29 is 82.1 Å². The molecule has 0 aliphatic carbocycles. The largest absolute Gasteiger partial charge is 0.480 e. The lowest BCUT2D eigenvalue weighted by Gasteiger charge is -2.28. The van der Waals surface area contributed by atoms with Crippen molar-refractivity contribution in [2.45, 2.75) is 164 Å². The van der Waals surface area contributed by atoms with Crippen LogP contribution in [-0.2, 0) is 81.6 Å². The summed E-state index contributed by atoms with van der Waals surface area (Å²) in [7, 11) is 0. The van der Waals surface area contributed by atoms with Gasteiger partial charge in [0.2, 0.25) is 70.9 Å². The number of hydrogen-bond acceptors (Lipinski definition) is 21. The number of aromatic nitrogens is 4. The number of aliphatic hydroxyl groups excluding tert-OH is 1. The highest BCUT2D eigenvalue weighted by atomic mass is 16.4. The highest BCUT2D eigenvalue weighted by molar-refractivity contribution is 5.99. The van der Waals surface area contributed by atoms with E-state index >= 15 is 0 Å². The lowest BCUT2D eigenvalue weighted by atomic mass is 10.0. The van der Waals surface area contributed by atoms with Gasteiger partial charge < -0.3 is 134 Å². The van der Waals surface area contributed by atoms with E-state index in [0.717, 1.165) is 0 Å². The molecular weight excluding hydrogens is 1380 g/mol. The van der Waals surface area contributed by atoms with Gasteiger partial charge in [-0.05, 0) is 77.2 Å². The number of carboxylic acid groups (broad SMARTS) is 1. The van der Waals surface area contributed by atoms with Crippen LogP contribution >= 0.6 is 0 Å². The molecule has 0 aliphatic rings. The molecule has 2 heterocycles. The van der Waals surface area contributed by atoms with Crippen LogP contribution in [0.15, 0.2) is 55.4 Å². The maximum atomic E-state index is 14.8. The Morgan fingerprint density at radius 3 is 1.25 bits per heavy atom. The number of nitrogens with two attached hydrogens (primary N) is 6. The van der Waals surface area contributed by atoms with Gasteiger partial charge in [0.25, 0.3) is 0 Å². The van der Waals surface area contributed by atoms with Crippen LogP contribution in [0.25, 0.3) is 0 Å². The number of carbonyl (C=O) groups excluding carboxylic acids is 14. The minimum absolute atomic E-state index is 0.0108. The van der Waals surface area contributed by atoms with Gasteiger partial charge in [0.05, 0.1) is 31.8 Å². The minimum Gasteiger partial charge on any atom is -0.480 e. The molecule has 0 unspecified atom stereocenters. The van der Waals surface area contributed by atoms with Crippen LogP contribution in [0.5, 0.6) is 0 Å². The van der Waals surface area contributed by atoms with E-state index in [-0.39, 0.29) is 109 Å². The molecule has 44 nitrogen and oxygen atoms in total. The molecule has 578 valence electrons. The maximum Gasteiger partial charge on any atom is 0.325 e. The summed E-state index contributed by atoms with van der Waals surface area (Å²) in [6, 6.07) is -10.3. The van der Waals surface area contributed by atoms with Crippen molar-refractivity contribution in [3.05, 3.63) is 72.3 Å². The number of amides is 16. The molecule has 3 rings (SSSR count). The molecule has 1 aromatic carbocycles. The summed E-state index contributed by atoms with van der Waals surface area (Å²) in [5.74, 6) is -14.0. The van der Waals surface area contributed by atoms with E-state index in [1.54, 1.807) is 30.3 Å². The Morgan fingerprint density at radius 2 is 0.819 bits per heavy atom. The lowest BCUT2D eigenvalue weighted by molar-refractivity contribution is -0.141. The average molecular weight is 1480 g/mol. The van der Waals surface area contributed by atoms with Gasteiger partial charge in [-0.1, -0.05) is 30.3 Å². The zero-order valence-electron chi connectivity index (χ0n) is 57.9. The van der Waals surface area contributed by atoms with Crippen LogP contribution in [-0.4, -0.2) is 237 Å². The smallest absolute Gasteiger partial charge is 0.325 e. The van der Waals surface area contributed by atoms with E-state index in [4.69, 9.17) is 45.2 Å². The van der Waals surface area contributed by atoms with Gasteiger partial charge in [-0.3, -0.25) is 73.1 Å². The van der Waals surface area contributed by atoms with E-state index in [1.807, 2.05) is 0 Å². The minimum atomic E-state index is -1.82. The third-order valence-electron chi connectivity index (χ3n) is 15.3. The summed E-state index contributed by atoms with van der Waals surface area (Å²) in [6.45, 7) is 0.183. The number of imidazole rings is 2. The van der Waals surface area contributed by atoms with Gasteiger partial charge in [-0.2, -0.15) is 0 Å². The first kappa shape index (κ1) is 87.0. The first-order chi connectivity index (χ1) is 49.8. The van der Waals surface area contributed by atoms with E-state index in [1.165, 1.54) is 38.9 Å². The number of aliphatic hydroxyl groups is 1. The number of nitrogens with zero attached hydrogens (tertiary/aromatic N) is 2. The van der Waals surface area contributed by atoms with Crippen molar-refractivity contribution in [1.29, 1.82) is 10.8 Å². The van der Waals surface area contributed by atoms with Crippen molar-refractivity contribution in [1.82, 2.24) is 99.7 Å². The molecule has 2 aromatic heterocycles. The first-order valence-electron chi connectivity index (χ1n) is 33.2. The Labute approximate surface area is 601 Å². The number of hydrogen-bond donors (Lipinski definition) is 27. The number of carboxylic acids is 1. The van der Waals surface area contributed by atoms with Gasteiger partial charge in [-0.15, -0.1) is 0 Å². The van der Waals surface area contributed by atoms with Crippen LogP contribution in [0.1, 0.15) is 95.0 Å². The standard InChI is InChI=1S/C61H97N27O17/c1-31(47(92)80-32(2)57(102)103)79-50(95)38(13-6-18-72-58(64)65)86-56(101)44(28-89)88-55(100)43(24-35-26-71-30-78-35)81-46(91)27-76-49(94)37(12-8-20-74-60(68)104)83-51(96)39(14-7-19-73-59(66)67)85-54(99)42(22-33-10-4-3-5-11-33)87-52(97)40(15-9-21-75-61(69)105)84-53(98)41(16-17-45(63)90)82-48(93)36(62)23-34-25-70-29-77-34/h3-5,10-11,25-26,29-32,36-44,89H,6-9,12-24,27-28,62H2,1-2H3,(H2,63,90)(H,70,77)(H,71,78)(H,76,94)(H,79,95)(H,80,92)(H,81,91)(H,82,93)(H,83,96)(H,84,98)(H,85,99)(H,86,101)(H,87,97)(H,88,100)(H,102,103)(H4,64,65,72)(H4,66,67,73)(H3,68,74,104)(H3,69,75,105)/t31-,32-,36-,37-,38-,39-,40-,41-,42-,43-,44-/m0/s1. The molecule has 105 heavy (non-hydrogen) atoms. The van der Waals surface area contributed by atoms with E-state index < -0.39 is 187 Å². The van der Waals surface area contributed by atoms with E-state index in [2.05, 4.69) is 99.7 Å². The van der Waals surface area contributed by atoms with Gasteiger partial charge in [-0.25, -0.2) is 19.6 Å². The summed E-state index contributed by atoms with van der Waals surface area (Å²) in [6.07, 6.45) is 3.01. The third kappa shape index (κ3) is 34.8. The fraction of sp³-hybridized carbons (Fsp3) is 0.525. The van der Waals surface area contributed by atoms with Gasteiger partial charge in [0, 0.05) is 75.6 Å². The van der Waals surface area contributed by atoms with Crippen LogP contribution in [0.4, 0.5) is 9.59 Å². The Kier molecular flexibility index (Phi) is 38.3. The third-order valence-corrected chi connectivity index (χ3v) is 15.3. The fourth-order valence-electron chi connectivity index (χ4n) is 9.76. The molecule has 0 bridgehead atoms. The SMILES string of the molecule is C[C@H](NC(=O)[C@H](C)NC(=O)[C@H](CCCNC(=N)N)NC(=O)[C@H](CO)NC(=O)[C@H](Cc1cnc[nH]1)NC(=O)CNC(=O)[C@H](CCCNC(N)=O)NC(=O)[C@H](CCCNC(=N)N)NC(=O)[C@H](Cc1ccccc1)NC(=O)[C@H](CCCNC(N)=O)NC(=O)[C@H](CCC(N)=O)NC(=O)[C@@H](N)Cc1cnc[nH]1)C(=O)O. The average Bonchev–Trinajstić information content (AvgIpc) is 1.01. The number of rotatable bonds is 49. The molecule has 33 N–H and O–H groups in total. The van der Waals surface area contributed by atoms with Gasteiger partial charge >= 0.3 is 18.0 Å². The van der Waals surface area contributed by atoms with Crippen LogP contribution < -0.4 is 114 Å². The number of primary amides is 3. The number of urea groups is 2. The summed E-state index contributed by atoms with van der Waals surface area (Å²) in [4.78, 5) is 214. The second-order valence-corrected chi connectivity index (χ2v) is 23.9. The summed E-state index contributed by atoms with van der Waals surface area (Å²) < 4.78 is 0. The van der Waals surface area contributed by atoms with Gasteiger partial charge in [0.1, 0.15) is 60.4 Å². The number of nitrogens with one attached hydrogen (secondary N) is 19. The molecule has 0 fully saturated rings. The van der Waals surface area contributed by atoms with Crippen molar-refractivity contribution in [2.24, 2.45) is 34.4 Å². The van der Waals surface area contributed by atoms with Crippen molar-refractivity contribution in [3.63, 3.8) is 0 Å². The Balaban J connectivity index is 1.95. The number of aliphatic carboxylic acids is 1. The number of benzene rings is 1. The van der Waals surface area contributed by atoms with Crippen molar-refractivity contribution >= 4 is 101 Å². The number of H-pyrrole nitrogens is 2. The fourth-order valence-corrected chi connectivity index (χ4v) is 9.76. The molecule has 16 amide bonds. The summed E-state index contributed by atoms with van der Waals surface area (Å²) in [5, 5.41) is 71.4. The second-order valence-electron chi connectivity index (χ2n) is 23.9. The molecule has 0 saturated carbocycles. The molecule has 11 atom stereocenters. The summed E-state index contributed by atoms with van der Waals surface area (Å²) >= 11 is 0. The van der Waals surface area contributed by atoms with Crippen LogP contribution in [0.3, 0.4) is 0 Å². The van der Waals surface area contributed by atoms with E-state index in [0.29, 0.717) is 11.3 Å². The normalized spacial score (nSPS) is 13.9. The Morgan fingerprint density at radius 1 is 0.438 bits per heavy atom. The number of carbonyl (C=O) groups is 15. The molecule has 0 spiro atoms. The number of guanidine groups is 2. The zero-order valence-corrected chi connectivity index (χ0v) is 57.9. The predicted molar refractivity (Wildman–Crippen MR) is 371 cm³/mol. The molecule has 0 radical (unpaired) electrons. The highest BCUT2D eigenvalue weighted by Gasteiger charge is 2.36. The molecule has 0 aliphatic heterocycles. The number of aromatic amines is 2. The maximum absolute atomic E-state index is 14.8. The lowest BCUT2D eigenvalue weighted by Crippen LogP contribution is -2.60. The van der Waals surface area contributed by atoms with Crippen LogP contribution in [0, 0.1) is 10.8 Å². The summed E-state index contributed by atoms with van der Waals surface area (Å²) in [5.41, 5.74) is 34.2. The quantitative estimate of drug-likeness (QED) is 0.0142. The highest BCUT2D eigenvalue weighted by Crippen LogP contribution is 2.11. The second kappa shape index (κ2) is 46.3. The van der Waals surface area contributed by atoms with E-state index in [9.17, 15) is 82.1 Å². The topological polar surface area (TPSA) is 738 Å². The molecular formula is C61H97N27O17. The van der Waals surface area contributed by atoms with Crippen LogP contribution in [0.2, 0.25) is 0 Å². The van der Waals surface area contributed by atoms with Crippen molar-refractivity contribution in [3.8, 4) is 0 Å². The predicted octanol–water partition coefficient (Wildman–Crippen LogP) is -9.74. The van der Waals surface area contributed by atoms with Gasteiger partial charge in [0.15, 0.2) is 11.9 Å². The Hall–Kier alpha value is -12.2. The monoisotopic (exact) mass is 1480 g/mol. The molecule has 3 aromatic rings. The molecule has 0 saturated heterocycles. The van der Waals surface area contributed by atoms with Crippen molar-refractivity contribution in [2.75, 3.05) is 39.3 Å². The first-order valence-corrected chi connectivity index (χ1v) is 33.2. The molecule has 44 heteroatoms. The Bertz CT molecular complexity index is 3420.